The minimum Gasteiger partial charge on any atom is -0.496 e. The zero-order chi connectivity index (χ0) is 19.8. The lowest BCUT2D eigenvalue weighted by molar-refractivity contribution is -0.138. The Bertz CT molecular complexity index is 1050. The summed E-state index contributed by atoms with van der Waals surface area (Å²) in [6.45, 7) is 3.86. The van der Waals surface area contributed by atoms with Crippen molar-refractivity contribution in [2.45, 2.75) is 19.8 Å². The molecule has 142 valence electrons. The number of allylic oxidation sites excluding steroid dienone is 2. The molecule has 0 amide bonds. The zero-order valence-electron chi connectivity index (χ0n) is 16.0. The summed E-state index contributed by atoms with van der Waals surface area (Å²) < 4.78 is 10.9. The molecule has 1 atom stereocenters. The lowest BCUT2D eigenvalue weighted by Gasteiger charge is -2.30. The molecule has 0 bridgehead atoms. The number of hydrogen-bond acceptors (Lipinski definition) is 5. The van der Waals surface area contributed by atoms with Gasteiger partial charge in [-0.15, -0.1) is 0 Å². The van der Waals surface area contributed by atoms with Crippen LogP contribution >= 0.6 is 0 Å². The number of nitrogens with one attached hydrogen (secondary N) is 1. The quantitative estimate of drug-likeness (QED) is 0.823. The van der Waals surface area contributed by atoms with Gasteiger partial charge in [0.25, 0.3) is 0 Å². The molecule has 2 aliphatic rings. The van der Waals surface area contributed by atoms with Crippen molar-refractivity contribution in [1.82, 2.24) is 5.32 Å². The summed E-state index contributed by atoms with van der Waals surface area (Å²) >= 11 is 0. The average Bonchev–Trinajstić information content (AvgIpc) is 2.99. The molecule has 0 saturated heterocycles. The molecule has 1 heterocycles. The first-order chi connectivity index (χ1) is 13.6. The fraction of sp³-hybridized carbons (Fsp3) is 0.217. The number of ketones is 1. The van der Waals surface area contributed by atoms with Gasteiger partial charge in [-0.3, -0.25) is 4.79 Å². The molecule has 0 radical (unpaired) electrons. The molecule has 0 saturated carbocycles. The van der Waals surface area contributed by atoms with Crippen LogP contribution < -0.4 is 10.1 Å². The van der Waals surface area contributed by atoms with Crippen LogP contribution in [0.15, 0.2) is 65.4 Å². The van der Waals surface area contributed by atoms with E-state index in [4.69, 9.17) is 9.47 Å². The van der Waals surface area contributed by atoms with Crippen molar-refractivity contribution >= 4 is 17.4 Å². The van der Waals surface area contributed by atoms with Crippen LogP contribution in [0, 0.1) is 0 Å². The van der Waals surface area contributed by atoms with E-state index >= 15 is 0 Å². The number of methoxy groups -OCH3 is 1. The summed E-state index contributed by atoms with van der Waals surface area (Å²) in [7, 11) is 1.58. The summed E-state index contributed by atoms with van der Waals surface area (Å²) in [5, 5.41) is 3.29. The van der Waals surface area contributed by atoms with E-state index in [1.807, 2.05) is 55.5 Å². The van der Waals surface area contributed by atoms with Gasteiger partial charge in [-0.25, -0.2) is 4.79 Å². The van der Waals surface area contributed by atoms with Gasteiger partial charge >= 0.3 is 5.97 Å². The maximum atomic E-state index is 13.3. The first kappa shape index (κ1) is 18.0. The molecule has 0 aromatic heterocycles. The zero-order valence-corrected chi connectivity index (χ0v) is 16.0. The van der Waals surface area contributed by atoms with Gasteiger partial charge in [0.2, 0.25) is 0 Å². The van der Waals surface area contributed by atoms with E-state index in [2.05, 4.69) is 5.32 Å². The number of carbonyl (C=O) groups excluding carboxylic acids is 2. The van der Waals surface area contributed by atoms with Crippen molar-refractivity contribution < 1.29 is 19.1 Å². The minimum atomic E-state index is -0.564. The highest BCUT2D eigenvalue weighted by Gasteiger charge is 2.43. The second-order valence-electron chi connectivity index (χ2n) is 6.72. The standard InChI is InChI=1S/C23H21NO4/c1-4-28-23(26)18-13(2)24-21-14-9-5-6-10-15(14)22(25)20(21)19(18)16-11-7-8-12-17(16)27-3/h5-12,19,24H,4H2,1-3H3/t19-/m0/s1. The van der Waals surface area contributed by atoms with E-state index in [9.17, 15) is 9.59 Å². The number of Topliss-reactive ketones (excluding diaryl/α,β-unsaturated/α-hetero) is 1. The summed E-state index contributed by atoms with van der Waals surface area (Å²) in [4.78, 5) is 26.2. The predicted molar refractivity (Wildman–Crippen MR) is 106 cm³/mol. The number of para-hydroxylation sites is 1. The fourth-order valence-electron chi connectivity index (χ4n) is 4.02. The van der Waals surface area contributed by atoms with Gasteiger partial charge < -0.3 is 14.8 Å². The maximum absolute atomic E-state index is 13.3. The van der Waals surface area contributed by atoms with Crippen LogP contribution in [0.2, 0.25) is 0 Å². The number of carbonyl (C=O) groups is 2. The van der Waals surface area contributed by atoms with E-state index in [0.29, 0.717) is 28.2 Å². The Kier molecular flexibility index (Phi) is 4.51. The smallest absolute Gasteiger partial charge is 0.336 e. The summed E-state index contributed by atoms with van der Waals surface area (Å²) in [6, 6.07) is 15.0. The highest BCUT2D eigenvalue weighted by atomic mass is 16.5. The van der Waals surface area contributed by atoms with E-state index in [0.717, 1.165) is 16.8 Å². The lowest BCUT2D eigenvalue weighted by Crippen LogP contribution is -2.29. The normalized spacial score (nSPS) is 17.8. The molecular weight excluding hydrogens is 354 g/mol. The maximum Gasteiger partial charge on any atom is 0.336 e. The van der Waals surface area contributed by atoms with Crippen molar-refractivity contribution in [3.8, 4) is 5.75 Å². The first-order valence-electron chi connectivity index (χ1n) is 9.24. The van der Waals surface area contributed by atoms with Crippen LogP contribution in [0.5, 0.6) is 5.75 Å². The minimum absolute atomic E-state index is 0.0803. The van der Waals surface area contributed by atoms with E-state index in [-0.39, 0.29) is 12.4 Å². The van der Waals surface area contributed by atoms with Crippen molar-refractivity contribution in [3.63, 3.8) is 0 Å². The van der Waals surface area contributed by atoms with Crippen molar-refractivity contribution in [2.75, 3.05) is 13.7 Å². The van der Waals surface area contributed by atoms with Crippen LogP contribution in [0.4, 0.5) is 0 Å². The molecule has 0 fully saturated rings. The predicted octanol–water partition coefficient (Wildman–Crippen LogP) is 3.83. The number of fused-ring (bicyclic) bond motifs is 2. The third kappa shape index (κ3) is 2.62. The third-order valence-electron chi connectivity index (χ3n) is 5.19. The van der Waals surface area contributed by atoms with Crippen LogP contribution in [-0.4, -0.2) is 25.5 Å². The molecule has 5 nitrogen and oxygen atoms in total. The highest BCUT2D eigenvalue weighted by Crippen LogP contribution is 2.48. The van der Waals surface area contributed by atoms with Gasteiger partial charge in [-0.05, 0) is 19.9 Å². The number of esters is 1. The molecule has 0 spiro atoms. The number of benzene rings is 2. The molecule has 1 aliphatic heterocycles. The Morgan fingerprint density at radius 3 is 2.46 bits per heavy atom. The van der Waals surface area contributed by atoms with E-state index in [1.165, 1.54) is 0 Å². The van der Waals surface area contributed by atoms with Crippen molar-refractivity contribution in [2.24, 2.45) is 0 Å². The Balaban J connectivity index is 1.96. The molecular formula is C23H21NO4. The van der Waals surface area contributed by atoms with Crippen molar-refractivity contribution in [3.05, 3.63) is 82.1 Å². The molecule has 2 aromatic carbocycles. The summed E-state index contributed by atoms with van der Waals surface area (Å²) in [5.74, 6) is -0.451. The molecule has 0 unspecified atom stereocenters. The third-order valence-corrected chi connectivity index (χ3v) is 5.19. The molecule has 1 aliphatic carbocycles. The SMILES string of the molecule is CCOC(=O)C1=C(C)NC2=C(C(=O)c3ccccc32)[C@H]1c1ccccc1OC. The van der Waals surface area contributed by atoms with Crippen LogP contribution in [0.25, 0.3) is 5.70 Å². The van der Waals surface area contributed by atoms with Gasteiger partial charge in [0.05, 0.1) is 30.9 Å². The van der Waals surface area contributed by atoms with E-state index < -0.39 is 11.9 Å². The van der Waals surface area contributed by atoms with Gasteiger partial charge in [-0.1, -0.05) is 42.5 Å². The lowest BCUT2D eigenvalue weighted by atomic mass is 9.79. The monoisotopic (exact) mass is 375 g/mol. The summed E-state index contributed by atoms with van der Waals surface area (Å²) in [5.41, 5.74) is 4.68. The van der Waals surface area contributed by atoms with Gasteiger partial charge in [-0.2, -0.15) is 0 Å². The Hall–Kier alpha value is -3.34. The van der Waals surface area contributed by atoms with Crippen LogP contribution in [0.3, 0.4) is 0 Å². The Labute approximate surface area is 163 Å². The average molecular weight is 375 g/mol. The second kappa shape index (κ2) is 7.00. The summed E-state index contributed by atoms with van der Waals surface area (Å²) in [6.07, 6.45) is 0. The largest absolute Gasteiger partial charge is 0.496 e. The van der Waals surface area contributed by atoms with Gasteiger partial charge in [0.15, 0.2) is 5.78 Å². The number of ether oxygens (including phenoxy) is 2. The van der Waals surface area contributed by atoms with Crippen LogP contribution in [-0.2, 0) is 9.53 Å². The number of rotatable bonds is 4. The topological polar surface area (TPSA) is 64.6 Å². The Morgan fingerprint density at radius 2 is 1.75 bits per heavy atom. The molecule has 5 heteroatoms. The van der Waals surface area contributed by atoms with Crippen molar-refractivity contribution in [1.29, 1.82) is 0 Å². The second-order valence-corrected chi connectivity index (χ2v) is 6.72. The van der Waals surface area contributed by atoms with Gasteiger partial charge in [0.1, 0.15) is 5.75 Å². The van der Waals surface area contributed by atoms with Crippen LogP contribution in [0.1, 0.15) is 41.3 Å². The fourth-order valence-corrected chi connectivity index (χ4v) is 4.02. The molecule has 4 rings (SSSR count). The first-order valence-corrected chi connectivity index (χ1v) is 9.24. The highest BCUT2D eigenvalue weighted by molar-refractivity contribution is 6.23. The number of dihydropyridines is 1. The van der Waals surface area contributed by atoms with Gasteiger partial charge in [0, 0.05) is 28.0 Å². The van der Waals surface area contributed by atoms with E-state index in [1.54, 1.807) is 14.0 Å². The molecule has 28 heavy (non-hydrogen) atoms. The molecule has 2 aromatic rings. The molecule has 1 N–H and O–H groups in total. The Morgan fingerprint density at radius 1 is 1.07 bits per heavy atom. The number of hydrogen-bond donors (Lipinski definition) is 1.